The molecule has 2 aromatic carbocycles. The lowest BCUT2D eigenvalue weighted by atomic mass is 9.69. The zero-order valence-corrected chi connectivity index (χ0v) is 14.9. The van der Waals surface area contributed by atoms with Crippen molar-refractivity contribution < 1.29 is 9.85 Å². The van der Waals surface area contributed by atoms with E-state index in [-0.39, 0.29) is 22.5 Å². The van der Waals surface area contributed by atoms with Crippen LogP contribution in [0.3, 0.4) is 0 Å². The third-order valence-electron chi connectivity index (χ3n) is 5.09. The topological polar surface area (TPSA) is 111 Å². The number of rotatable bonds is 5. The summed E-state index contributed by atoms with van der Waals surface area (Å²) in [7, 11) is 0. The summed E-state index contributed by atoms with van der Waals surface area (Å²) in [4.78, 5) is 20.9. The van der Waals surface area contributed by atoms with Gasteiger partial charge >= 0.3 is 5.69 Å². The van der Waals surface area contributed by atoms with Gasteiger partial charge in [-0.25, -0.2) is 0 Å². The van der Waals surface area contributed by atoms with Gasteiger partial charge in [-0.1, -0.05) is 43.7 Å². The summed E-state index contributed by atoms with van der Waals surface area (Å²) in [5.74, 6) is 0. The maximum Gasteiger partial charge on any atom is 0.301 e. The molecule has 1 atom stereocenters. The van der Waals surface area contributed by atoms with E-state index < -0.39 is 9.85 Å². The molecular weight excluding hydrogens is 348 g/mol. The fourth-order valence-corrected chi connectivity index (χ4v) is 3.49. The van der Waals surface area contributed by atoms with E-state index in [1.165, 1.54) is 12.1 Å². The van der Waals surface area contributed by atoms with Crippen LogP contribution in [0.5, 0.6) is 0 Å². The van der Waals surface area contributed by atoms with E-state index in [1.54, 1.807) is 0 Å². The van der Waals surface area contributed by atoms with E-state index in [9.17, 15) is 20.2 Å². The van der Waals surface area contributed by atoms with Crippen LogP contribution < -0.4 is 5.43 Å². The highest BCUT2D eigenvalue weighted by Crippen LogP contribution is 2.37. The molecule has 1 unspecified atom stereocenters. The van der Waals surface area contributed by atoms with E-state index in [1.807, 2.05) is 18.2 Å². The Hall–Kier alpha value is -3.29. The second-order valence-corrected chi connectivity index (χ2v) is 6.79. The van der Waals surface area contributed by atoms with Gasteiger partial charge in [-0.3, -0.25) is 25.7 Å². The monoisotopic (exact) mass is 368 g/mol. The van der Waals surface area contributed by atoms with Gasteiger partial charge in [-0.15, -0.1) is 0 Å². The number of non-ortho nitro benzene ring substituents is 1. The van der Waals surface area contributed by atoms with Crippen LogP contribution in [0.15, 0.2) is 53.6 Å². The maximum absolute atomic E-state index is 11.3. The van der Waals surface area contributed by atoms with Gasteiger partial charge in [-0.05, 0) is 30.9 Å². The van der Waals surface area contributed by atoms with Crippen molar-refractivity contribution in [2.24, 2.45) is 5.10 Å². The third kappa shape index (κ3) is 3.79. The lowest BCUT2D eigenvalue weighted by Crippen LogP contribution is -2.36. The van der Waals surface area contributed by atoms with Crippen molar-refractivity contribution >= 4 is 22.8 Å². The molecule has 0 bridgehead atoms. The molecule has 3 rings (SSSR count). The summed E-state index contributed by atoms with van der Waals surface area (Å²) in [6, 6.07) is 13.6. The zero-order valence-electron chi connectivity index (χ0n) is 14.9. The van der Waals surface area contributed by atoms with Gasteiger partial charge in [-0.2, -0.15) is 5.10 Å². The number of nitrogens with one attached hydrogen (secondary N) is 1. The number of hydrogen-bond acceptors (Lipinski definition) is 6. The van der Waals surface area contributed by atoms with Gasteiger partial charge in [0.2, 0.25) is 0 Å². The first-order valence-electron chi connectivity index (χ1n) is 8.73. The number of nitro benzene ring substituents is 2. The highest BCUT2D eigenvalue weighted by molar-refractivity contribution is 5.95. The summed E-state index contributed by atoms with van der Waals surface area (Å²) >= 11 is 0. The zero-order chi connectivity index (χ0) is 19.4. The Morgan fingerprint density at radius 3 is 2.44 bits per heavy atom. The van der Waals surface area contributed by atoms with Crippen LogP contribution in [0.4, 0.5) is 17.1 Å². The molecule has 1 saturated carbocycles. The average molecular weight is 368 g/mol. The van der Waals surface area contributed by atoms with Crippen LogP contribution in [0, 0.1) is 20.2 Å². The van der Waals surface area contributed by atoms with E-state index in [4.69, 9.17) is 0 Å². The van der Waals surface area contributed by atoms with Crippen LogP contribution in [0.2, 0.25) is 0 Å². The van der Waals surface area contributed by atoms with Crippen molar-refractivity contribution in [1.29, 1.82) is 0 Å². The Labute approximate surface area is 156 Å². The number of nitro groups is 2. The van der Waals surface area contributed by atoms with Gasteiger partial charge in [0.25, 0.3) is 5.69 Å². The Kier molecular flexibility index (Phi) is 5.16. The predicted molar refractivity (Wildman–Crippen MR) is 103 cm³/mol. The average Bonchev–Trinajstić information content (AvgIpc) is 2.67. The Morgan fingerprint density at radius 2 is 1.78 bits per heavy atom. The molecule has 0 radical (unpaired) electrons. The van der Waals surface area contributed by atoms with Gasteiger partial charge in [0.15, 0.2) is 0 Å². The molecule has 8 nitrogen and oxygen atoms in total. The third-order valence-corrected chi connectivity index (χ3v) is 5.09. The fourth-order valence-electron chi connectivity index (χ4n) is 3.49. The Bertz CT molecular complexity index is 898. The summed E-state index contributed by atoms with van der Waals surface area (Å²) in [5, 5.41) is 26.7. The number of hydrazone groups is 1. The van der Waals surface area contributed by atoms with E-state index in [0.29, 0.717) is 0 Å². The van der Waals surface area contributed by atoms with Crippen molar-refractivity contribution in [3.63, 3.8) is 0 Å². The summed E-state index contributed by atoms with van der Waals surface area (Å²) in [5.41, 5.74) is 4.05. The SMILES string of the molecule is CC1(c2ccccc2)CCCCC1=NNc1ccc([N+](=O)[O-])cc1[N+](=O)[O-]. The quantitative estimate of drug-likeness (QED) is 0.602. The first-order chi connectivity index (χ1) is 12.9. The minimum Gasteiger partial charge on any atom is -0.272 e. The molecule has 1 aliphatic carbocycles. The maximum atomic E-state index is 11.3. The van der Waals surface area contributed by atoms with Crippen LogP contribution in [0.1, 0.15) is 38.2 Å². The van der Waals surface area contributed by atoms with Gasteiger partial charge < -0.3 is 0 Å². The molecular formula is C19H20N4O4. The first kappa shape index (κ1) is 18.5. The molecule has 0 aliphatic heterocycles. The number of nitrogens with zero attached hydrogens (tertiary/aromatic N) is 3. The summed E-state index contributed by atoms with van der Waals surface area (Å²) in [6.45, 7) is 2.13. The van der Waals surface area contributed by atoms with Gasteiger partial charge in [0.05, 0.1) is 15.9 Å². The molecule has 0 spiro atoms. The molecule has 0 amide bonds. The number of benzene rings is 2. The molecule has 1 fully saturated rings. The van der Waals surface area contributed by atoms with Gasteiger partial charge in [0.1, 0.15) is 5.69 Å². The molecule has 0 aromatic heterocycles. The highest BCUT2D eigenvalue weighted by Gasteiger charge is 2.35. The standard InChI is InChI=1S/C19H20N4O4/c1-19(14-7-3-2-4-8-14)12-6-5-9-18(19)21-20-16-11-10-15(22(24)25)13-17(16)23(26)27/h2-4,7-8,10-11,13,20H,5-6,9,12H2,1H3. The smallest absolute Gasteiger partial charge is 0.272 e. The lowest BCUT2D eigenvalue weighted by Gasteiger charge is -2.35. The first-order valence-corrected chi connectivity index (χ1v) is 8.73. The van der Waals surface area contributed by atoms with Gasteiger partial charge in [0, 0.05) is 17.2 Å². The van der Waals surface area contributed by atoms with Crippen molar-refractivity contribution in [2.75, 3.05) is 5.43 Å². The molecule has 2 aromatic rings. The van der Waals surface area contributed by atoms with Crippen LogP contribution in [-0.4, -0.2) is 15.6 Å². The molecule has 8 heteroatoms. The molecule has 0 heterocycles. The van der Waals surface area contributed by atoms with E-state index in [2.05, 4.69) is 29.6 Å². The summed E-state index contributed by atoms with van der Waals surface area (Å²) < 4.78 is 0. The Morgan fingerprint density at radius 1 is 1.04 bits per heavy atom. The van der Waals surface area contributed by atoms with Crippen LogP contribution in [0.25, 0.3) is 0 Å². The summed E-state index contributed by atoms with van der Waals surface area (Å²) in [6.07, 6.45) is 3.83. The highest BCUT2D eigenvalue weighted by atomic mass is 16.6. The van der Waals surface area contributed by atoms with Crippen molar-refractivity contribution in [2.45, 2.75) is 38.0 Å². The molecule has 1 aliphatic rings. The molecule has 1 N–H and O–H groups in total. The van der Waals surface area contributed by atoms with E-state index >= 15 is 0 Å². The Balaban J connectivity index is 1.94. The lowest BCUT2D eigenvalue weighted by molar-refractivity contribution is -0.393. The molecule has 0 saturated heterocycles. The van der Waals surface area contributed by atoms with E-state index in [0.717, 1.165) is 43.0 Å². The number of anilines is 1. The second kappa shape index (κ2) is 7.53. The largest absolute Gasteiger partial charge is 0.301 e. The number of hydrogen-bond donors (Lipinski definition) is 1. The van der Waals surface area contributed by atoms with Crippen LogP contribution in [-0.2, 0) is 5.41 Å². The van der Waals surface area contributed by atoms with Crippen LogP contribution >= 0.6 is 0 Å². The second-order valence-electron chi connectivity index (χ2n) is 6.79. The molecule has 27 heavy (non-hydrogen) atoms. The predicted octanol–water partition coefficient (Wildman–Crippen LogP) is 4.80. The molecule has 140 valence electrons. The minimum atomic E-state index is -0.656. The van der Waals surface area contributed by atoms with Crippen molar-refractivity contribution in [3.05, 3.63) is 74.3 Å². The van der Waals surface area contributed by atoms with Crippen molar-refractivity contribution in [3.8, 4) is 0 Å². The van der Waals surface area contributed by atoms with Crippen molar-refractivity contribution in [1.82, 2.24) is 0 Å². The minimum absolute atomic E-state index is 0.138. The normalized spacial score (nSPS) is 21.0. The fraction of sp³-hybridized carbons (Fsp3) is 0.316.